The molecule has 1 aromatic heterocycles. The summed E-state index contributed by atoms with van der Waals surface area (Å²) < 4.78 is 45.1. The number of nitrogens with zero attached hydrogens (tertiary/aromatic N) is 2. The monoisotopic (exact) mass is 459 g/mol. The van der Waals surface area contributed by atoms with E-state index in [0.717, 1.165) is 11.0 Å². The molecule has 152 valence electrons. The first kappa shape index (κ1) is 21.4. The molecule has 0 aliphatic carbocycles. The van der Waals surface area contributed by atoms with Crippen LogP contribution in [0.5, 0.6) is 5.75 Å². The van der Waals surface area contributed by atoms with Gasteiger partial charge in [0.25, 0.3) is 5.91 Å². The van der Waals surface area contributed by atoms with E-state index in [2.05, 4.69) is 15.5 Å². The van der Waals surface area contributed by atoms with E-state index in [1.807, 2.05) is 0 Å². The normalized spacial score (nSPS) is 12.4. The number of amides is 1. The highest BCUT2D eigenvalue weighted by atomic mass is 35.5. The zero-order valence-corrected chi connectivity index (χ0v) is 17.1. The fraction of sp³-hybridized carbons (Fsp3) is 0.167. The highest BCUT2D eigenvalue weighted by Gasteiger charge is 2.34. The summed E-state index contributed by atoms with van der Waals surface area (Å²) in [7, 11) is 0. The van der Waals surface area contributed by atoms with Crippen LogP contribution in [0.15, 0.2) is 57.2 Å². The molecule has 0 saturated heterocycles. The second-order valence-corrected chi connectivity index (χ2v) is 8.22. The van der Waals surface area contributed by atoms with E-state index in [1.54, 1.807) is 23.7 Å². The molecule has 0 radical (unpaired) electrons. The predicted molar refractivity (Wildman–Crippen MR) is 106 cm³/mol. The van der Waals surface area contributed by atoms with Crippen molar-refractivity contribution in [1.29, 1.82) is 0 Å². The molecule has 2 aromatic carbocycles. The number of alkyl halides is 3. The smallest absolute Gasteiger partial charge is 0.419 e. The Hall–Kier alpha value is -2.30. The maximum Gasteiger partial charge on any atom is 0.419 e. The van der Waals surface area contributed by atoms with Crippen LogP contribution in [-0.4, -0.2) is 22.2 Å². The van der Waals surface area contributed by atoms with Crippen LogP contribution in [0.4, 0.5) is 18.9 Å². The summed E-state index contributed by atoms with van der Waals surface area (Å²) in [5, 5.41) is 10.6. The molecule has 1 amide bonds. The lowest BCUT2D eigenvalue weighted by atomic mass is 10.2. The molecule has 1 atom stereocenters. The molecule has 0 bridgehead atoms. The summed E-state index contributed by atoms with van der Waals surface area (Å²) >= 11 is 8.93. The molecule has 3 aromatic rings. The molecule has 11 heteroatoms. The van der Waals surface area contributed by atoms with Crippen LogP contribution in [0.25, 0.3) is 0 Å². The second kappa shape index (κ2) is 9.02. The number of rotatable bonds is 6. The second-order valence-electron chi connectivity index (χ2n) is 5.70. The third kappa shape index (κ3) is 5.62. The number of carbonyl (C=O) groups excluding carboxylic acids is 1. The third-order valence-corrected chi connectivity index (χ3v) is 5.88. The average molecular weight is 460 g/mol. The lowest BCUT2D eigenvalue weighted by Gasteiger charge is -2.18. The standard InChI is InChI=1S/C18H13ClF3N3O2S2/c1-10(27-14-5-3-2-4-12(14)18(20,21)22)16(26)24-11-6-7-15(13(19)8-11)29-17-25-23-9-28-17/h2-10H,1H3,(H,24,26). The average Bonchev–Trinajstić information content (AvgIpc) is 3.16. The molecule has 0 spiro atoms. The van der Waals surface area contributed by atoms with E-state index in [4.69, 9.17) is 16.3 Å². The van der Waals surface area contributed by atoms with Gasteiger partial charge in [0.2, 0.25) is 0 Å². The van der Waals surface area contributed by atoms with Gasteiger partial charge in [0, 0.05) is 10.6 Å². The number of para-hydroxylation sites is 1. The van der Waals surface area contributed by atoms with Gasteiger partial charge in [-0.05, 0) is 37.3 Å². The Kier molecular flexibility index (Phi) is 6.66. The number of ether oxygens (including phenoxy) is 1. The topological polar surface area (TPSA) is 64.1 Å². The van der Waals surface area contributed by atoms with Gasteiger partial charge in [-0.3, -0.25) is 4.79 Å². The summed E-state index contributed by atoms with van der Waals surface area (Å²) in [5.74, 6) is -1.02. The Bertz CT molecular complexity index is 1000. The van der Waals surface area contributed by atoms with E-state index in [1.165, 1.54) is 48.2 Å². The first-order valence-corrected chi connectivity index (χ1v) is 10.2. The van der Waals surface area contributed by atoms with E-state index in [9.17, 15) is 18.0 Å². The zero-order chi connectivity index (χ0) is 21.0. The summed E-state index contributed by atoms with van der Waals surface area (Å²) in [5.41, 5.74) is 1.05. The van der Waals surface area contributed by atoms with Crippen molar-refractivity contribution in [2.45, 2.75) is 28.4 Å². The highest BCUT2D eigenvalue weighted by Crippen LogP contribution is 2.37. The Morgan fingerprint density at radius 2 is 2.03 bits per heavy atom. The molecular weight excluding hydrogens is 447 g/mol. The number of anilines is 1. The Morgan fingerprint density at radius 1 is 1.28 bits per heavy atom. The minimum atomic E-state index is -4.58. The van der Waals surface area contributed by atoms with Crippen LogP contribution in [0, 0.1) is 0 Å². The van der Waals surface area contributed by atoms with E-state index < -0.39 is 29.5 Å². The minimum absolute atomic E-state index is 0.388. The summed E-state index contributed by atoms with van der Waals surface area (Å²) in [6.45, 7) is 1.36. The minimum Gasteiger partial charge on any atom is -0.480 e. The van der Waals surface area contributed by atoms with Gasteiger partial charge in [-0.1, -0.05) is 46.8 Å². The van der Waals surface area contributed by atoms with Crippen molar-refractivity contribution in [3.63, 3.8) is 0 Å². The number of halogens is 4. The first-order valence-electron chi connectivity index (χ1n) is 8.11. The SMILES string of the molecule is CC(Oc1ccccc1C(F)(F)F)C(=O)Nc1ccc(Sc2nncs2)c(Cl)c1. The molecule has 1 heterocycles. The van der Waals surface area contributed by atoms with E-state index in [-0.39, 0.29) is 0 Å². The van der Waals surface area contributed by atoms with Crippen LogP contribution in [0.3, 0.4) is 0 Å². The Balaban J connectivity index is 1.66. The van der Waals surface area contributed by atoms with Gasteiger partial charge >= 0.3 is 6.18 Å². The van der Waals surface area contributed by atoms with Crippen LogP contribution in [-0.2, 0) is 11.0 Å². The molecule has 29 heavy (non-hydrogen) atoms. The Morgan fingerprint density at radius 3 is 2.69 bits per heavy atom. The van der Waals surface area contributed by atoms with Gasteiger partial charge in [-0.15, -0.1) is 10.2 Å². The van der Waals surface area contributed by atoms with Crippen molar-refractivity contribution >= 4 is 46.3 Å². The molecule has 0 fully saturated rings. The van der Waals surface area contributed by atoms with Crippen molar-refractivity contribution in [2.24, 2.45) is 0 Å². The predicted octanol–water partition coefficient (Wildman–Crippen LogP) is 5.77. The summed E-state index contributed by atoms with van der Waals surface area (Å²) in [4.78, 5) is 13.1. The zero-order valence-electron chi connectivity index (χ0n) is 14.7. The van der Waals surface area contributed by atoms with Crippen molar-refractivity contribution in [3.05, 3.63) is 58.6 Å². The first-order chi connectivity index (χ1) is 13.7. The van der Waals surface area contributed by atoms with Crippen LogP contribution in [0.1, 0.15) is 12.5 Å². The number of nitrogens with one attached hydrogen (secondary N) is 1. The van der Waals surface area contributed by atoms with Crippen molar-refractivity contribution in [1.82, 2.24) is 10.2 Å². The summed E-state index contributed by atoms with van der Waals surface area (Å²) in [6.07, 6.45) is -5.74. The summed E-state index contributed by atoms with van der Waals surface area (Å²) in [6, 6.07) is 9.60. The number of aromatic nitrogens is 2. The lowest BCUT2D eigenvalue weighted by molar-refractivity contribution is -0.140. The molecule has 1 unspecified atom stereocenters. The molecular formula is C18H13ClF3N3O2S2. The number of carbonyl (C=O) groups is 1. The molecule has 0 aliphatic rings. The van der Waals surface area contributed by atoms with E-state index in [0.29, 0.717) is 15.0 Å². The van der Waals surface area contributed by atoms with Crippen molar-refractivity contribution < 1.29 is 22.7 Å². The maximum absolute atomic E-state index is 13.1. The highest BCUT2D eigenvalue weighted by molar-refractivity contribution is 8.01. The van der Waals surface area contributed by atoms with Gasteiger partial charge in [0.15, 0.2) is 10.4 Å². The fourth-order valence-corrected chi connectivity index (χ4v) is 3.99. The number of hydrogen-bond acceptors (Lipinski definition) is 6. The fourth-order valence-electron chi connectivity index (χ4n) is 2.25. The molecule has 0 saturated carbocycles. The van der Waals surface area contributed by atoms with Crippen LogP contribution in [0.2, 0.25) is 5.02 Å². The quantitative estimate of drug-likeness (QED) is 0.507. The largest absolute Gasteiger partial charge is 0.480 e. The maximum atomic E-state index is 13.1. The van der Waals surface area contributed by atoms with Crippen molar-refractivity contribution in [3.8, 4) is 5.75 Å². The lowest BCUT2D eigenvalue weighted by Crippen LogP contribution is -2.30. The van der Waals surface area contributed by atoms with Gasteiger partial charge in [0.05, 0.1) is 10.6 Å². The van der Waals surface area contributed by atoms with Gasteiger partial charge in [-0.25, -0.2) is 0 Å². The Labute approximate surface area is 177 Å². The third-order valence-electron chi connectivity index (χ3n) is 3.60. The van der Waals surface area contributed by atoms with E-state index >= 15 is 0 Å². The molecule has 3 rings (SSSR count). The molecule has 1 N–H and O–H groups in total. The number of hydrogen-bond donors (Lipinski definition) is 1. The van der Waals surface area contributed by atoms with Gasteiger partial charge < -0.3 is 10.1 Å². The van der Waals surface area contributed by atoms with Crippen molar-refractivity contribution in [2.75, 3.05) is 5.32 Å². The van der Waals surface area contributed by atoms with Gasteiger partial charge in [0.1, 0.15) is 11.3 Å². The van der Waals surface area contributed by atoms with Crippen LogP contribution < -0.4 is 10.1 Å². The van der Waals surface area contributed by atoms with Gasteiger partial charge in [-0.2, -0.15) is 13.2 Å². The molecule has 5 nitrogen and oxygen atoms in total. The molecule has 0 aliphatic heterocycles. The van der Waals surface area contributed by atoms with Crippen LogP contribution >= 0.6 is 34.7 Å². The number of benzene rings is 2.